The van der Waals surface area contributed by atoms with E-state index in [-0.39, 0.29) is 29.9 Å². The number of carbonyl (C=O) groups excluding carboxylic acids is 1. The summed E-state index contributed by atoms with van der Waals surface area (Å²) in [6.07, 6.45) is 1.18. The maximum absolute atomic E-state index is 11.1. The summed E-state index contributed by atoms with van der Waals surface area (Å²) >= 11 is 0. The molecule has 2 rings (SSSR count). The van der Waals surface area contributed by atoms with Crippen LogP contribution < -0.4 is 15.4 Å². The van der Waals surface area contributed by atoms with Crippen LogP contribution in [0.25, 0.3) is 0 Å². The number of rotatable bonds is 5. The average Bonchev–Trinajstić information content (AvgIpc) is 2.87. The molecular formula is C18H29IN4O2. The van der Waals surface area contributed by atoms with Crippen molar-refractivity contribution >= 4 is 41.5 Å². The number of guanidine groups is 1. The first kappa shape index (κ1) is 21.5. The van der Waals surface area contributed by atoms with E-state index in [4.69, 9.17) is 4.74 Å². The fraction of sp³-hybridized carbons (Fsp3) is 0.556. The van der Waals surface area contributed by atoms with Crippen molar-refractivity contribution in [3.05, 3.63) is 24.3 Å². The zero-order valence-electron chi connectivity index (χ0n) is 15.5. The third-order valence-corrected chi connectivity index (χ3v) is 4.00. The summed E-state index contributed by atoms with van der Waals surface area (Å²) in [7, 11) is 1.81. The van der Waals surface area contributed by atoms with Gasteiger partial charge in [-0.1, -0.05) is 19.9 Å². The molecule has 0 bridgehead atoms. The number of halogens is 1. The van der Waals surface area contributed by atoms with Crippen LogP contribution in [0.15, 0.2) is 29.3 Å². The molecule has 1 fully saturated rings. The molecule has 0 radical (unpaired) electrons. The summed E-state index contributed by atoms with van der Waals surface area (Å²) in [6.45, 7) is 9.31. The molecule has 1 amide bonds. The van der Waals surface area contributed by atoms with Crippen LogP contribution in [-0.4, -0.2) is 50.1 Å². The van der Waals surface area contributed by atoms with Gasteiger partial charge in [-0.15, -0.1) is 24.0 Å². The van der Waals surface area contributed by atoms with Crippen LogP contribution in [0.4, 0.5) is 5.69 Å². The van der Waals surface area contributed by atoms with Gasteiger partial charge in [0.25, 0.3) is 0 Å². The number of anilines is 1. The molecule has 0 unspecified atom stereocenters. The lowest BCUT2D eigenvalue weighted by Crippen LogP contribution is -2.42. The topological polar surface area (TPSA) is 66.0 Å². The highest BCUT2D eigenvalue weighted by molar-refractivity contribution is 14.0. The lowest BCUT2D eigenvalue weighted by Gasteiger charge is -2.23. The molecule has 0 aliphatic carbocycles. The number of hydrogen-bond donors (Lipinski definition) is 2. The van der Waals surface area contributed by atoms with Crippen molar-refractivity contribution in [3.8, 4) is 5.75 Å². The first-order chi connectivity index (χ1) is 11.4. The maximum Gasteiger partial charge on any atom is 0.221 e. The second-order valence-corrected chi connectivity index (χ2v) is 6.87. The molecule has 0 aromatic heterocycles. The van der Waals surface area contributed by atoms with Crippen LogP contribution in [0.5, 0.6) is 5.75 Å². The molecule has 6 nitrogen and oxygen atoms in total. The number of aliphatic imine (C=N–C) groups is 1. The summed E-state index contributed by atoms with van der Waals surface area (Å²) in [5, 5.41) is 6.09. The van der Waals surface area contributed by atoms with E-state index in [0.29, 0.717) is 18.6 Å². The van der Waals surface area contributed by atoms with Gasteiger partial charge in [0.1, 0.15) is 12.4 Å². The Kier molecular flexibility index (Phi) is 8.47. The van der Waals surface area contributed by atoms with Gasteiger partial charge in [-0.3, -0.25) is 9.79 Å². The van der Waals surface area contributed by atoms with Crippen molar-refractivity contribution in [1.29, 1.82) is 0 Å². The minimum atomic E-state index is -0.0915. The van der Waals surface area contributed by atoms with Crippen LogP contribution in [-0.2, 0) is 4.79 Å². The van der Waals surface area contributed by atoms with Crippen LogP contribution >= 0.6 is 24.0 Å². The van der Waals surface area contributed by atoms with Gasteiger partial charge >= 0.3 is 0 Å². The van der Waals surface area contributed by atoms with Crippen molar-refractivity contribution in [2.24, 2.45) is 10.4 Å². The van der Waals surface area contributed by atoms with E-state index in [1.165, 1.54) is 13.3 Å². The van der Waals surface area contributed by atoms with Crippen LogP contribution in [0.2, 0.25) is 0 Å². The smallest absolute Gasteiger partial charge is 0.221 e. The van der Waals surface area contributed by atoms with Crippen molar-refractivity contribution in [2.45, 2.75) is 27.2 Å². The summed E-state index contributed by atoms with van der Waals surface area (Å²) in [4.78, 5) is 17.7. The van der Waals surface area contributed by atoms with Crippen LogP contribution in [0.3, 0.4) is 0 Å². The summed E-state index contributed by atoms with van der Waals surface area (Å²) < 4.78 is 5.74. The number of carbonyl (C=O) groups is 1. The molecule has 0 saturated carbocycles. The Morgan fingerprint density at radius 2 is 2.16 bits per heavy atom. The zero-order valence-corrected chi connectivity index (χ0v) is 17.8. The number of hydrogen-bond acceptors (Lipinski definition) is 3. The molecule has 7 heteroatoms. The molecule has 2 N–H and O–H groups in total. The SMILES string of the molecule is CN=C(NCCOc1cccc(NC(C)=O)c1)N1CCC(C)(C)C1.I. The van der Waals surface area contributed by atoms with Crippen molar-refractivity contribution in [2.75, 3.05) is 38.6 Å². The van der Waals surface area contributed by atoms with Gasteiger partial charge in [0.15, 0.2) is 5.96 Å². The molecule has 1 aromatic rings. The highest BCUT2D eigenvalue weighted by atomic mass is 127. The van der Waals surface area contributed by atoms with Gasteiger partial charge in [-0.25, -0.2) is 0 Å². The molecule has 1 aliphatic rings. The van der Waals surface area contributed by atoms with E-state index < -0.39 is 0 Å². The molecule has 1 aliphatic heterocycles. The van der Waals surface area contributed by atoms with E-state index in [1.54, 1.807) is 0 Å². The Morgan fingerprint density at radius 1 is 1.40 bits per heavy atom. The monoisotopic (exact) mass is 460 g/mol. The second kappa shape index (κ2) is 9.84. The number of likely N-dealkylation sites (tertiary alicyclic amines) is 1. The standard InChI is InChI=1S/C18H28N4O2.HI/c1-14(23)21-15-6-5-7-16(12-15)24-11-9-20-17(19-4)22-10-8-18(2,3)13-22;/h5-7,12H,8-11,13H2,1-4H3,(H,19,20)(H,21,23);1H. The molecule has 1 heterocycles. The van der Waals surface area contributed by atoms with Gasteiger partial charge < -0.3 is 20.3 Å². The van der Waals surface area contributed by atoms with Gasteiger partial charge in [0.05, 0.1) is 6.54 Å². The van der Waals surface area contributed by atoms with Gasteiger partial charge in [-0.2, -0.15) is 0 Å². The Hall–Kier alpha value is -1.51. The minimum Gasteiger partial charge on any atom is -0.492 e. The largest absolute Gasteiger partial charge is 0.492 e. The second-order valence-electron chi connectivity index (χ2n) is 6.87. The number of nitrogens with zero attached hydrogens (tertiary/aromatic N) is 2. The van der Waals surface area contributed by atoms with Crippen LogP contribution in [0.1, 0.15) is 27.2 Å². The number of nitrogens with one attached hydrogen (secondary N) is 2. The predicted molar refractivity (Wildman–Crippen MR) is 113 cm³/mol. The van der Waals surface area contributed by atoms with Crippen molar-refractivity contribution in [1.82, 2.24) is 10.2 Å². The Bertz CT molecular complexity index is 604. The lowest BCUT2D eigenvalue weighted by molar-refractivity contribution is -0.114. The Morgan fingerprint density at radius 3 is 2.76 bits per heavy atom. The molecule has 140 valence electrons. The predicted octanol–water partition coefficient (Wildman–Crippen LogP) is 2.95. The molecular weight excluding hydrogens is 431 g/mol. The lowest BCUT2D eigenvalue weighted by atomic mass is 9.93. The third kappa shape index (κ3) is 7.09. The highest BCUT2D eigenvalue weighted by Crippen LogP contribution is 2.28. The van der Waals surface area contributed by atoms with Crippen molar-refractivity contribution in [3.63, 3.8) is 0 Å². The summed E-state index contributed by atoms with van der Waals surface area (Å²) in [6, 6.07) is 7.39. The van der Waals surface area contributed by atoms with E-state index >= 15 is 0 Å². The minimum absolute atomic E-state index is 0. The number of ether oxygens (including phenoxy) is 1. The van der Waals surface area contributed by atoms with E-state index in [2.05, 4.69) is 34.4 Å². The van der Waals surface area contributed by atoms with E-state index in [0.717, 1.165) is 30.5 Å². The normalized spacial score (nSPS) is 16.2. The number of amides is 1. The van der Waals surface area contributed by atoms with E-state index in [1.807, 2.05) is 31.3 Å². The Balaban J connectivity index is 0.00000312. The first-order valence-corrected chi connectivity index (χ1v) is 8.36. The highest BCUT2D eigenvalue weighted by Gasteiger charge is 2.30. The molecule has 0 atom stereocenters. The fourth-order valence-corrected chi connectivity index (χ4v) is 2.82. The van der Waals surface area contributed by atoms with Crippen LogP contribution in [0, 0.1) is 5.41 Å². The Labute approximate surface area is 167 Å². The quantitative estimate of drug-likeness (QED) is 0.307. The summed E-state index contributed by atoms with van der Waals surface area (Å²) in [5.41, 5.74) is 1.08. The third-order valence-electron chi connectivity index (χ3n) is 4.00. The van der Waals surface area contributed by atoms with Crippen molar-refractivity contribution < 1.29 is 9.53 Å². The fourth-order valence-electron chi connectivity index (χ4n) is 2.82. The molecule has 1 saturated heterocycles. The first-order valence-electron chi connectivity index (χ1n) is 8.36. The van der Waals surface area contributed by atoms with E-state index in [9.17, 15) is 4.79 Å². The molecule has 25 heavy (non-hydrogen) atoms. The summed E-state index contributed by atoms with van der Waals surface area (Å²) in [5.74, 6) is 1.57. The zero-order chi connectivity index (χ0) is 17.6. The van der Waals surface area contributed by atoms with Gasteiger partial charge in [0, 0.05) is 38.8 Å². The number of benzene rings is 1. The van der Waals surface area contributed by atoms with Gasteiger partial charge in [0.2, 0.25) is 5.91 Å². The van der Waals surface area contributed by atoms with Gasteiger partial charge in [-0.05, 0) is 24.0 Å². The molecule has 0 spiro atoms. The maximum atomic E-state index is 11.1. The average molecular weight is 460 g/mol. The molecule has 1 aromatic carbocycles.